The lowest BCUT2D eigenvalue weighted by Gasteiger charge is -2.29. The molecule has 1 aromatic heterocycles. The minimum Gasteiger partial charge on any atom is -0.376 e. The second-order valence-corrected chi connectivity index (χ2v) is 13.3. The van der Waals surface area contributed by atoms with Crippen molar-refractivity contribution in [1.29, 1.82) is 0 Å². The van der Waals surface area contributed by atoms with E-state index in [0.717, 1.165) is 36.3 Å². The molecule has 0 spiro atoms. The molecule has 1 amide bonds. The Morgan fingerprint density at radius 1 is 1.26 bits per heavy atom. The second kappa shape index (κ2) is 11.2. The van der Waals surface area contributed by atoms with E-state index in [0.29, 0.717) is 26.1 Å². The highest BCUT2D eigenvalue weighted by atomic mass is 32.2. The van der Waals surface area contributed by atoms with Crippen molar-refractivity contribution in [2.24, 2.45) is 11.3 Å². The van der Waals surface area contributed by atoms with E-state index in [1.807, 2.05) is 36.1 Å². The van der Waals surface area contributed by atoms with Crippen LogP contribution in [0.5, 0.6) is 0 Å². The van der Waals surface area contributed by atoms with Crippen LogP contribution in [0.4, 0.5) is 0 Å². The average Bonchev–Trinajstić information content (AvgIpc) is 3.38. The van der Waals surface area contributed by atoms with Crippen molar-refractivity contribution >= 4 is 15.7 Å². The number of hydrogen-bond donors (Lipinski definition) is 0. The number of ether oxygens (including phenoxy) is 1. The molecule has 3 rings (SSSR count). The van der Waals surface area contributed by atoms with Crippen LogP contribution < -0.4 is 0 Å². The molecule has 1 aliphatic rings. The highest BCUT2D eigenvalue weighted by molar-refractivity contribution is 7.90. The molecule has 0 unspecified atom stereocenters. The van der Waals surface area contributed by atoms with Gasteiger partial charge in [0.1, 0.15) is 0 Å². The van der Waals surface area contributed by atoms with Gasteiger partial charge in [0, 0.05) is 26.1 Å². The zero-order valence-electron chi connectivity index (χ0n) is 22.1. The normalized spacial score (nSPS) is 16.7. The van der Waals surface area contributed by atoms with Gasteiger partial charge in [-0.05, 0) is 42.2 Å². The zero-order chi connectivity index (χ0) is 25.8. The first kappa shape index (κ1) is 27.4. The number of imidazole rings is 1. The first-order chi connectivity index (χ1) is 16.4. The molecular formula is C27H41N3O4S. The van der Waals surface area contributed by atoms with Crippen LogP contribution in [-0.2, 0) is 38.2 Å². The van der Waals surface area contributed by atoms with Crippen LogP contribution in [0, 0.1) is 18.3 Å². The van der Waals surface area contributed by atoms with Gasteiger partial charge >= 0.3 is 0 Å². The number of rotatable bonds is 10. The number of benzene rings is 1. The highest BCUT2D eigenvalue weighted by Gasteiger charge is 2.29. The summed E-state index contributed by atoms with van der Waals surface area (Å²) in [6.45, 7) is 14.2. The van der Waals surface area contributed by atoms with Crippen molar-refractivity contribution in [3.8, 4) is 0 Å². The lowest BCUT2D eigenvalue weighted by Crippen LogP contribution is -2.39. The van der Waals surface area contributed by atoms with Crippen LogP contribution >= 0.6 is 0 Å². The highest BCUT2D eigenvalue weighted by Crippen LogP contribution is 2.25. The first-order valence-electron chi connectivity index (χ1n) is 12.6. The lowest BCUT2D eigenvalue weighted by molar-refractivity contribution is -0.135. The Morgan fingerprint density at radius 2 is 1.97 bits per heavy atom. The Kier molecular flexibility index (Phi) is 8.81. The predicted molar refractivity (Wildman–Crippen MR) is 138 cm³/mol. The number of amides is 1. The van der Waals surface area contributed by atoms with Crippen LogP contribution in [-0.4, -0.2) is 48.0 Å². The molecular weight excluding hydrogens is 462 g/mol. The van der Waals surface area contributed by atoms with Gasteiger partial charge in [-0.1, -0.05) is 58.9 Å². The molecule has 2 aromatic rings. The van der Waals surface area contributed by atoms with E-state index in [-0.39, 0.29) is 34.3 Å². The molecule has 7 nitrogen and oxygen atoms in total. The third kappa shape index (κ3) is 7.64. The van der Waals surface area contributed by atoms with Gasteiger partial charge in [-0.25, -0.2) is 13.4 Å². The number of sulfone groups is 1. The smallest absolute Gasteiger partial charge is 0.228 e. The molecule has 0 bridgehead atoms. The molecule has 1 aromatic carbocycles. The summed E-state index contributed by atoms with van der Waals surface area (Å²) in [6.07, 6.45) is 3.99. The van der Waals surface area contributed by atoms with E-state index in [2.05, 4.69) is 39.6 Å². The molecule has 1 fully saturated rings. The van der Waals surface area contributed by atoms with Crippen LogP contribution in [0.15, 0.2) is 35.6 Å². The van der Waals surface area contributed by atoms with E-state index in [1.165, 1.54) is 0 Å². The van der Waals surface area contributed by atoms with Crippen LogP contribution in [0.2, 0.25) is 0 Å². The van der Waals surface area contributed by atoms with Crippen LogP contribution in [0.1, 0.15) is 70.7 Å². The Balaban J connectivity index is 1.93. The first-order valence-corrected chi connectivity index (χ1v) is 14.2. The zero-order valence-corrected chi connectivity index (χ0v) is 22.9. The number of hydrogen-bond acceptors (Lipinski definition) is 5. The van der Waals surface area contributed by atoms with E-state index in [9.17, 15) is 13.2 Å². The van der Waals surface area contributed by atoms with E-state index < -0.39 is 9.84 Å². The Morgan fingerprint density at radius 3 is 2.57 bits per heavy atom. The fourth-order valence-electron chi connectivity index (χ4n) is 4.42. The van der Waals surface area contributed by atoms with Crippen molar-refractivity contribution in [3.05, 3.63) is 47.3 Å². The van der Waals surface area contributed by atoms with Crippen molar-refractivity contribution < 1.29 is 17.9 Å². The molecule has 0 radical (unpaired) electrons. The Bertz CT molecular complexity index is 1110. The van der Waals surface area contributed by atoms with Crippen LogP contribution in [0.3, 0.4) is 0 Å². The maximum absolute atomic E-state index is 13.5. The van der Waals surface area contributed by atoms with Gasteiger partial charge in [0.2, 0.25) is 20.9 Å². The number of nitrogens with zero attached hydrogens (tertiary/aromatic N) is 3. The third-order valence-electron chi connectivity index (χ3n) is 6.17. The maximum atomic E-state index is 13.5. The molecule has 0 N–H and O–H groups in total. The summed E-state index contributed by atoms with van der Waals surface area (Å²) in [7, 11) is -3.67. The SMILES string of the molecule is Cc1ccccc1CS(=O)(=O)c1ncc(CN(C[C@@H]2CCCO2)C(=O)CC(C)(C)C)n1CC(C)C. The number of carbonyl (C=O) groups excluding carboxylic acids is 1. The van der Waals surface area contributed by atoms with Crippen LogP contribution in [0.25, 0.3) is 0 Å². The van der Waals surface area contributed by atoms with Crippen molar-refractivity contribution in [2.75, 3.05) is 13.2 Å². The minimum atomic E-state index is -3.67. The van der Waals surface area contributed by atoms with Gasteiger partial charge in [0.15, 0.2) is 0 Å². The molecule has 2 heterocycles. The molecule has 0 aliphatic carbocycles. The fourth-order valence-corrected chi connectivity index (χ4v) is 6.02. The van der Waals surface area contributed by atoms with Gasteiger partial charge in [-0.3, -0.25) is 4.79 Å². The second-order valence-electron chi connectivity index (χ2n) is 11.4. The van der Waals surface area contributed by atoms with Gasteiger partial charge in [0.05, 0.1) is 30.3 Å². The average molecular weight is 504 g/mol. The summed E-state index contributed by atoms with van der Waals surface area (Å²) in [5, 5.41) is 0.0739. The molecule has 1 saturated heterocycles. The largest absolute Gasteiger partial charge is 0.376 e. The molecule has 0 saturated carbocycles. The molecule has 35 heavy (non-hydrogen) atoms. The van der Waals surface area contributed by atoms with E-state index in [1.54, 1.807) is 10.8 Å². The topological polar surface area (TPSA) is 81.5 Å². The van der Waals surface area contributed by atoms with Gasteiger partial charge < -0.3 is 14.2 Å². The molecule has 1 atom stereocenters. The van der Waals surface area contributed by atoms with Crippen molar-refractivity contribution in [1.82, 2.24) is 14.5 Å². The Hall–Kier alpha value is -2.19. The summed E-state index contributed by atoms with van der Waals surface area (Å²) >= 11 is 0. The monoisotopic (exact) mass is 503 g/mol. The Labute approximate surface area is 210 Å². The third-order valence-corrected chi connectivity index (χ3v) is 7.74. The minimum absolute atomic E-state index is 0.0182. The van der Waals surface area contributed by atoms with Crippen molar-refractivity contribution in [3.63, 3.8) is 0 Å². The predicted octanol–water partition coefficient (Wildman–Crippen LogP) is 4.77. The van der Waals surface area contributed by atoms with Gasteiger partial charge in [0.25, 0.3) is 0 Å². The molecule has 194 valence electrons. The quantitative estimate of drug-likeness (QED) is 0.467. The summed E-state index contributed by atoms with van der Waals surface area (Å²) in [5.74, 6) is 0.165. The lowest BCUT2D eigenvalue weighted by atomic mass is 9.91. The number of aromatic nitrogens is 2. The molecule has 1 aliphatic heterocycles. The summed E-state index contributed by atoms with van der Waals surface area (Å²) < 4.78 is 34.6. The van der Waals surface area contributed by atoms with Crippen molar-refractivity contribution in [2.45, 2.75) is 90.9 Å². The number of carbonyl (C=O) groups is 1. The summed E-state index contributed by atoms with van der Waals surface area (Å²) in [6, 6.07) is 7.52. The van der Waals surface area contributed by atoms with Gasteiger partial charge in [-0.15, -0.1) is 0 Å². The number of aryl methyl sites for hydroxylation is 1. The van der Waals surface area contributed by atoms with E-state index in [4.69, 9.17) is 4.74 Å². The standard InChI is InChI=1S/C27H41N3O4S/c1-20(2)16-30-23(15-28-26(30)35(32,33)19-22-11-8-7-10-21(22)3)17-29(18-24-12-9-13-34-24)25(31)14-27(4,5)6/h7-8,10-11,15,20,24H,9,12-14,16-19H2,1-6H3/t24-/m0/s1. The molecule has 8 heteroatoms. The fraction of sp³-hybridized carbons (Fsp3) is 0.630. The van der Waals surface area contributed by atoms with E-state index >= 15 is 0 Å². The summed E-state index contributed by atoms with van der Waals surface area (Å²) in [5.41, 5.74) is 2.30. The van der Waals surface area contributed by atoms with Gasteiger partial charge in [-0.2, -0.15) is 0 Å². The summed E-state index contributed by atoms with van der Waals surface area (Å²) in [4.78, 5) is 19.5. The maximum Gasteiger partial charge on any atom is 0.228 e.